The average Bonchev–Trinajstić information content (AvgIpc) is 3.20. The first kappa shape index (κ1) is 19.0. The van der Waals surface area contributed by atoms with Gasteiger partial charge in [0.25, 0.3) is 0 Å². The third-order valence-corrected chi connectivity index (χ3v) is 6.02. The van der Waals surface area contributed by atoms with E-state index in [0.717, 1.165) is 53.8 Å². The molecule has 8 heteroatoms. The van der Waals surface area contributed by atoms with E-state index in [-0.39, 0.29) is 11.9 Å². The Bertz CT molecular complexity index is 1070. The van der Waals surface area contributed by atoms with Crippen LogP contribution in [0.1, 0.15) is 25.3 Å². The molecule has 0 spiro atoms. The van der Waals surface area contributed by atoms with Crippen molar-refractivity contribution in [2.45, 2.75) is 31.4 Å². The molecule has 0 radical (unpaired) electrons. The second-order valence-electron chi connectivity index (χ2n) is 8.19. The molecule has 1 aromatic heterocycles. The standard InChI is InChI=1S/C22H24N4O4/c1-14(27)23-18-6-8-26(9-7-18)20-11-16(10-19-21(20)25-30-24-19)15-2-4-17(5-3-15)22(28)12-29-13-22/h2-5,10-11,18,28H,6-9,12-13H2,1H3,(H,23,27). The summed E-state index contributed by atoms with van der Waals surface area (Å²) in [7, 11) is 0. The Hall–Kier alpha value is -2.97. The van der Waals surface area contributed by atoms with Gasteiger partial charge < -0.3 is 20.1 Å². The molecule has 0 unspecified atom stereocenters. The monoisotopic (exact) mass is 408 g/mol. The van der Waals surface area contributed by atoms with Crippen molar-refractivity contribution < 1.29 is 19.3 Å². The number of amides is 1. The highest BCUT2D eigenvalue weighted by Crippen LogP contribution is 2.35. The predicted molar refractivity (Wildman–Crippen MR) is 111 cm³/mol. The number of carbonyl (C=O) groups excluding carboxylic acids is 1. The van der Waals surface area contributed by atoms with Crippen LogP contribution >= 0.6 is 0 Å². The lowest BCUT2D eigenvalue weighted by Crippen LogP contribution is -2.46. The van der Waals surface area contributed by atoms with Gasteiger partial charge in [-0.15, -0.1) is 0 Å². The number of nitrogens with zero attached hydrogens (tertiary/aromatic N) is 3. The highest BCUT2D eigenvalue weighted by Gasteiger charge is 2.37. The molecular formula is C22H24N4O4. The van der Waals surface area contributed by atoms with Gasteiger partial charge in [-0.1, -0.05) is 24.3 Å². The van der Waals surface area contributed by atoms with Gasteiger partial charge in [0.2, 0.25) is 5.91 Å². The van der Waals surface area contributed by atoms with Gasteiger partial charge in [-0.2, -0.15) is 0 Å². The van der Waals surface area contributed by atoms with Crippen LogP contribution in [-0.2, 0) is 15.1 Å². The van der Waals surface area contributed by atoms with E-state index in [4.69, 9.17) is 9.37 Å². The molecule has 5 rings (SSSR count). The molecule has 1 amide bonds. The lowest BCUT2D eigenvalue weighted by Gasteiger charge is -2.36. The fourth-order valence-electron chi connectivity index (χ4n) is 4.27. The Balaban J connectivity index is 1.43. The van der Waals surface area contributed by atoms with Crippen molar-refractivity contribution in [2.24, 2.45) is 0 Å². The lowest BCUT2D eigenvalue weighted by molar-refractivity contribution is -0.184. The van der Waals surface area contributed by atoms with Crippen LogP contribution in [0, 0.1) is 0 Å². The molecule has 0 saturated carbocycles. The number of nitrogens with one attached hydrogen (secondary N) is 1. The zero-order valence-electron chi connectivity index (χ0n) is 16.8. The van der Waals surface area contributed by atoms with E-state index in [9.17, 15) is 9.90 Å². The molecule has 3 aromatic rings. The average molecular weight is 408 g/mol. The fraction of sp³-hybridized carbons (Fsp3) is 0.409. The van der Waals surface area contributed by atoms with Gasteiger partial charge >= 0.3 is 0 Å². The molecule has 2 N–H and O–H groups in total. The summed E-state index contributed by atoms with van der Waals surface area (Å²) < 4.78 is 10.2. The van der Waals surface area contributed by atoms with Crippen molar-refractivity contribution in [2.75, 3.05) is 31.2 Å². The number of piperidine rings is 1. The van der Waals surface area contributed by atoms with Crippen molar-refractivity contribution in [1.82, 2.24) is 15.6 Å². The van der Waals surface area contributed by atoms with Crippen molar-refractivity contribution in [3.63, 3.8) is 0 Å². The molecule has 30 heavy (non-hydrogen) atoms. The molecule has 2 aliphatic rings. The Kier molecular flexibility index (Phi) is 4.67. The summed E-state index contributed by atoms with van der Waals surface area (Å²) in [5.74, 6) is 0.0140. The maximum absolute atomic E-state index is 11.3. The lowest BCUT2D eigenvalue weighted by atomic mass is 9.90. The second kappa shape index (κ2) is 7.37. The van der Waals surface area contributed by atoms with Gasteiger partial charge in [0.1, 0.15) is 11.1 Å². The summed E-state index contributed by atoms with van der Waals surface area (Å²) in [5.41, 5.74) is 4.47. The third-order valence-electron chi connectivity index (χ3n) is 6.02. The molecule has 2 saturated heterocycles. The zero-order valence-corrected chi connectivity index (χ0v) is 16.8. The van der Waals surface area contributed by atoms with Crippen LogP contribution in [0.5, 0.6) is 0 Å². The van der Waals surface area contributed by atoms with Crippen LogP contribution in [0.3, 0.4) is 0 Å². The summed E-state index contributed by atoms with van der Waals surface area (Å²) in [4.78, 5) is 13.6. The molecule has 0 atom stereocenters. The first-order chi connectivity index (χ1) is 14.5. The smallest absolute Gasteiger partial charge is 0.217 e. The van der Waals surface area contributed by atoms with Crippen LogP contribution in [0.2, 0.25) is 0 Å². The molecular weight excluding hydrogens is 384 g/mol. The number of anilines is 1. The number of benzene rings is 2. The number of hydrogen-bond acceptors (Lipinski definition) is 7. The fourth-order valence-corrected chi connectivity index (χ4v) is 4.27. The molecule has 2 aromatic carbocycles. The Morgan fingerprint density at radius 3 is 2.50 bits per heavy atom. The van der Waals surface area contributed by atoms with Crippen molar-refractivity contribution in [3.05, 3.63) is 42.0 Å². The van der Waals surface area contributed by atoms with Gasteiger partial charge in [0.05, 0.1) is 18.9 Å². The van der Waals surface area contributed by atoms with E-state index >= 15 is 0 Å². The van der Waals surface area contributed by atoms with E-state index < -0.39 is 5.60 Å². The van der Waals surface area contributed by atoms with E-state index in [0.29, 0.717) is 18.7 Å². The first-order valence-electron chi connectivity index (χ1n) is 10.2. The van der Waals surface area contributed by atoms with Crippen LogP contribution in [-0.4, -0.2) is 53.7 Å². The van der Waals surface area contributed by atoms with Gasteiger partial charge in [-0.3, -0.25) is 4.79 Å². The quantitative estimate of drug-likeness (QED) is 0.683. The minimum Gasteiger partial charge on any atom is -0.380 e. The summed E-state index contributed by atoms with van der Waals surface area (Å²) in [6.07, 6.45) is 1.76. The zero-order chi connectivity index (χ0) is 20.7. The topological polar surface area (TPSA) is 101 Å². The molecule has 2 aliphatic heterocycles. The molecule has 8 nitrogen and oxygen atoms in total. The van der Waals surface area contributed by atoms with Crippen LogP contribution < -0.4 is 10.2 Å². The predicted octanol–water partition coefficient (Wildman–Crippen LogP) is 2.21. The SMILES string of the molecule is CC(=O)NC1CCN(c2cc(-c3ccc(C4(O)COC4)cc3)cc3nonc23)CC1. The summed E-state index contributed by atoms with van der Waals surface area (Å²) in [5, 5.41) is 21.7. The second-order valence-corrected chi connectivity index (χ2v) is 8.19. The molecule has 2 fully saturated rings. The van der Waals surface area contributed by atoms with Gasteiger partial charge in [0, 0.05) is 26.1 Å². The molecule has 0 aliphatic carbocycles. The number of hydrogen-bond donors (Lipinski definition) is 2. The maximum Gasteiger partial charge on any atom is 0.217 e. The number of fused-ring (bicyclic) bond motifs is 1. The van der Waals surface area contributed by atoms with E-state index in [1.807, 2.05) is 30.3 Å². The molecule has 0 bridgehead atoms. The highest BCUT2D eigenvalue weighted by molar-refractivity contribution is 5.92. The summed E-state index contributed by atoms with van der Waals surface area (Å²) in [6, 6.07) is 12.2. The van der Waals surface area contributed by atoms with Gasteiger partial charge in [-0.25, -0.2) is 4.63 Å². The minimum absolute atomic E-state index is 0.0140. The Morgan fingerprint density at radius 2 is 1.87 bits per heavy atom. The van der Waals surface area contributed by atoms with Gasteiger partial charge in [-0.05, 0) is 52.0 Å². The number of carbonyl (C=O) groups is 1. The van der Waals surface area contributed by atoms with E-state index in [1.165, 1.54) is 0 Å². The summed E-state index contributed by atoms with van der Waals surface area (Å²) in [6.45, 7) is 3.87. The largest absolute Gasteiger partial charge is 0.380 e. The van der Waals surface area contributed by atoms with Crippen LogP contribution in [0.15, 0.2) is 41.0 Å². The van der Waals surface area contributed by atoms with Gasteiger partial charge in [0.15, 0.2) is 5.52 Å². The number of aromatic nitrogens is 2. The summed E-state index contributed by atoms with van der Waals surface area (Å²) >= 11 is 0. The van der Waals surface area contributed by atoms with Crippen molar-refractivity contribution in [1.29, 1.82) is 0 Å². The minimum atomic E-state index is -0.873. The number of aliphatic hydroxyl groups is 1. The van der Waals surface area contributed by atoms with E-state index in [2.05, 4.69) is 26.6 Å². The first-order valence-corrected chi connectivity index (χ1v) is 10.2. The Labute approximate surface area is 173 Å². The maximum atomic E-state index is 11.3. The van der Waals surface area contributed by atoms with Crippen molar-refractivity contribution in [3.8, 4) is 11.1 Å². The third kappa shape index (κ3) is 3.42. The highest BCUT2D eigenvalue weighted by atomic mass is 16.6. The molecule has 3 heterocycles. The van der Waals surface area contributed by atoms with Crippen LogP contribution in [0.4, 0.5) is 5.69 Å². The van der Waals surface area contributed by atoms with E-state index in [1.54, 1.807) is 6.92 Å². The number of ether oxygens (including phenoxy) is 1. The van der Waals surface area contributed by atoms with Crippen LogP contribution in [0.25, 0.3) is 22.2 Å². The molecule has 156 valence electrons. The van der Waals surface area contributed by atoms with Crippen molar-refractivity contribution >= 4 is 22.6 Å². The normalized spacial score (nSPS) is 18.9. The Morgan fingerprint density at radius 1 is 1.13 bits per heavy atom. The number of rotatable bonds is 4.